The van der Waals surface area contributed by atoms with Gasteiger partial charge in [-0.15, -0.1) is 0 Å². The average Bonchev–Trinajstić information content (AvgIpc) is 3.23. The van der Waals surface area contributed by atoms with Crippen molar-refractivity contribution < 1.29 is 9.18 Å². The predicted octanol–water partition coefficient (Wildman–Crippen LogP) is 4.64. The first-order chi connectivity index (χ1) is 15.2. The van der Waals surface area contributed by atoms with Gasteiger partial charge in [0.25, 0.3) is 5.91 Å². The van der Waals surface area contributed by atoms with E-state index in [-0.39, 0.29) is 11.7 Å². The van der Waals surface area contributed by atoms with Crippen molar-refractivity contribution in [1.82, 2.24) is 20.1 Å². The van der Waals surface area contributed by atoms with Crippen molar-refractivity contribution in [3.63, 3.8) is 0 Å². The summed E-state index contributed by atoms with van der Waals surface area (Å²) in [6.07, 6.45) is 5.19. The number of fused-ring (bicyclic) bond motifs is 1. The molecule has 2 aromatic carbocycles. The number of nitrogens with zero attached hydrogens (tertiary/aromatic N) is 3. The Morgan fingerprint density at radius 3 is 2.81 bits per heavy atom. The summed E-state index contributed by atoms with van der Waals surface area (Å²) in [5.74, 6) is 5.62. The van der Waals surface area contributed by atoms with Crippen LogP contribution in [-0.4, -0.2) is 20.7 Å². The van der Waals surface area contributed by atoms with E-state index in [9.17, 15) is 9.18 Å². The van der Waals surface area contributed by atoms with Crippen LogP contribution in [-0.2, 0) is 6.54 Å². The predicted molar refractivity (Wildman–Crippen MR) is 118 cm³/mol. The van der Waals surface area contributed by atoms with Gasteiger partial charge < -0.3 is 5.32 Å². The van der Waals surface area contributed by atoms with E-state index in [0.717, 1.165) is 35.0 Å². The Labute approximate surface area is 179 Å². The van der Waals surface area contributed by atoms with Gasteiger partial charge in [-0.25, -0.2) is 14.1 Å². The number of pyridine rings is 1. The Morgan fingerprint density at radius 2 is 2.00 bits per heavy atom. The molecule has 154 valence electrons. The van der Waals surface area contributed by atoms with Crippen molar-refractivity contribution in [2.24, 2.45) is 0 Å². The highest BCUT2D eigenvalue weighted by Gasteiger charge is 2.14. The second-order valence-corrected chi connectivity index (χ2v) is 7.05. The number of hydrogen-bond donors (Lipinski definition) is 1. The minimum atomic E-state index is -0.309. The summed E-state index contributed by atoms with van der Waals surface area (Å²) < 4.78 is 14.9. The third kappa shape index (κ3) is 4.62. The van der Waals surface area contributed by atoms with Crippen LogP contribution in [0.4, 0.5) is 4.39 Å². The van der Waals surface area contributed by atoms with E-state index in [1.54, 1.807) is 35.3 Å². The first-order valence-electron chi connectivity index (χ1n) is 10.1. The van der Waals surface area contributed by atoms with Gasteiger partial charge in [-0.3, -0.25) is 4.79 Å². The molecule has 0 aliphatic carbocycles. The molecule has 4 aromatic rings. The lowest BCUT2D eigenvalue weighted by Crippen LogP contribution is -2.23. The number of unbranched alkanes of at least 4 members (excludes halogenated alkanes) is 1. The van der Waals surface area contributed by atoms with Gasteiger partial charge in [0.2, 0.25) is 0 Å². The molecule has 1 N–H and O–H groups in total. The van der Waals surface area contributed by atoms with Crippen LogP contribution in [0.3, 0.4) is 0 Å². The second-order valence-electron chi connectivity index (χ2n) is 7.05. The summed E-state index contributed by atoms with van der Waals surface area (Å²) in [6.45, 7) is 2.45. The zero-order valence-corrected chi connectivity index (χ0v) is 17.1. The van der Waals surface area contributed by atoms with E-state index in [1.165, 1.54) is 12.1 Å². The lowest BCUT2D eigenvalue weighted by molar-refractivity contribution is 0.0952. The van der Waals surface area contributed by atoms with E-state index in [2.05, 4.69) is 34.2 Å². The molecule has 0 saturated carbocycles. The van der Waals surface area contributed by atoms with Crippen LogP contribution >= 0.6 is 0 Å². The quantitative estimate of drug-likeness (QED) is 0.486. The van der Waals surface area contributed by atoms with Gasteiger partial charge >= 0.3 is 0 Å². The van der Waals surface area contributed by atoms with Crippen molar-refractivity contribution in [3.8, 4) is 17.5 Å². The van der Waals surface area contributed by atoms with Gasteiger partial charge in [0, 0.05) is 24.5 Å². The molecule has 0 saturated heterocycles. The fourth-order valence-corrected chi connectivity index (χ4v) is 3.25. The van der Waals surface area contributed by atoms with Crippen LogP contribution in [0.1, 0.15) is 41.4 Å². The van der Waals surface area contributed by atoms with E-state index in [4.69, 9.17) is 0 Å². The maximum Gasteiger partial charge on any atom is 0.252 e. The highest BCUT2D eigenvalue weighted by molar-refractivity contribution is 6.06. The van der Waals surface area contributed by atoms with E-state index in [0.29, 0.717) is 17.8 Å². The topological polar surface area (TPSA) is 59.8 Å². The molecule has 0 aliphatic heterocycles. The fraction of sp³-hybridized carbons (Fsp3) is 0.160. The van der Waals surface area contributed by atoms with Crippen LogP contribution in [0.15, 0.2) is 67.0 Å². The molecule has 0 spiro atoms. The van der Waals surface area contributed by atoms with Gasteiger partial charge in [0.1, 0.15) is 11.5 Å². The molecule has 0 radical (unpaired) electrons. The number of rotatable bonds is 5. The molecule has 0 unspecified atom stereocenters. The standard InChI is InChI=1S/C25H21FN4O/c1-2-3-4-6-20-15-18(13-14-27-20)16-28-25(31)22-7-5-8-24-23(22)17-29-30(24)21-11-9-19(26)10-12-21/h5,7-15,17H,2-3,16H2,1H3,(H,28,31). The van der Waals surface area contributed by atoms with E-state index >= 15 is 0 Å². The molecule has 2 heterocycles. The number of aromatic nitrogens is 3. The second kappa shape index (κ2) is 9.23. The SMILES string of the molecule is CCCC#Cc1cc(CNC(=O)c2cccc3c2cnn3-c2ccc(F)cc2)ccn1. The number of halogens is 1. The molecule has 1 amide bonds. The number of amides is 1. The van der Waals surface area contributed by atoms with E-state index < -0.39 is 0 Å². The van der Waals surface area contributed by atoms with Crippen molar-refractivity contribution in [3.05, 3.63) is 89.6 Å². The maximum absolute atomic E-state index is 13.2. The monoisotopic (exact) mass is 412 g/mol. The summed E-state index contributed by atoms with van der Waals surface area (Å²) in [5.41, 5.74) is 3.66. The Kier molecular flexibility index (Phi) is 6.04. The molecule has 0 atom stereocenters. The first-order valence-corrected chi connectivity index (χ1v) is 10.1. The molecular weight excluding hydrogens is 391 g/mol. The molecule has 6 heteroatoms. The Hall–Kier alpha value is -3.98. The van der Waals surface area contributed by atoms with Crippen LogP contribution in [0.2, 0.25) is 0 Å². The number of hydrogen-bond acceptors (Lipinski definition) is 3. The van der Waals surface area contributed by atoms with Crippen LogP contribution in [0.25, 0.3) is 16.6 Å². The summed E-state index contributed by atoms with van der Waals surface area (Å²) in [5, 5.41) is 8.08. The third-order valence-corrected chi connectivity index (χ3v) is 4.80. The fourth-order valence-electron chi connectivity index (χ4n) is 3.25. The van der Waals surface area contributed by atoms with Crippen LogP contribution < -0.4 is 5.32 Å². The maximum atomic E-state index is 13.2. The molecule has 2 aromatic heterocycles. The van der Waals surface area contributed by atoms with Gasteiger partial charge in [-0.1, -0.05) is 18.9 Å². The number of benzene rings is 2. The Morgan fingerprint density at radius 1 is 1.16 bits per heavy atom. The number of carbonyl (C=O) groups excluding carboxylic acids is 1. The number of carbonyl (C=O) groups is 1. The lowest BCUT2D eigenvalue weighted by Gasteiger charge is -2.08. The van der Waals surface area contributed by atoms with Gasteiger partial charge in [0.05, 0.1) is 23.0 Å². The third-order valence-electron chi connectivity index (χ3n) is 4.80. The molecular formula is C25H21FN4O. The van der Waals surface area contributed by atoms with Crippen LogP contribution in [0, 0.1) is 17.7 Å². The summed E-state index contributed by atoms with van der Waals surface area (Å²) in [4.78, 5) is 17.1. The zero-order chi connectivity index (χ0) is 21.6. The van der Waals surface area contributed by atoms with E-state index in [1.807, 2.05) is 24.3 Å². The molecule has 4 rings (SSSR count). The summed E-state index contributed by atoms with van der Waals surface area (Å²) in [7, 11) is 0. The summed E-state index contributed by atoms with van der Waals surface area (Å²) in [6, 6.07) is 15.3. The molecule has 31 heavy (non-hydrogen) atoms. The first kappa shape index (κ1) is 20.3. The Balaban J connectivity index is 1.53. The molecule has 0 bridgehead atoms. The normalized spacial score (nSPS) is 10.5. The highest BCUT2D eigenvalue weighted by atomic mass is 19.1. The van der Waals surface area contributed by atoms with Gasteiger partial charge in [-0.05, 0) is 66.4 Å². The smallest absolute Gasteiger partial charge is 0.252 e. The van der Waals surface area contributed by atoms with Crippen molar-refractivity contribution in [1.29, 1.82) is 0 Å². The largest absolute Gasteiger partial charge is 0.348 e. The molecule has 0 fully saturated rings. The van der Waals surface area contributed by atoms with Gasteiger partial charge in [0.15, 0.2) is 0 Å². The number of nitrogens with one attached hydrogen (secondary N) is 1. The average molecular weight is 412 g/mol. The minimum Gasteiger partial charge on any atom is -0.348 e. The highest BCUT2D eigenvalue weighted by Crippen LogP contribution is 2.22. The lowest BCUT2D eigenvalue weighted by atomic mass is 10.1. The van der Waals surface area contributed by atoms with Crippen molar-refractivity contribution >= 4 is 16.8 Å². The van der Waals surface area contributed by atoms with Gasteiger partial charge in [-0.2, -0.15) is 5.10 Å². The Bertz CT molecular complexity index is 1280. The molecule has 5 nitrogen and oxygen atoms in total. The van der Waals surface area contributed by atoms with Crippen molar-refractivity contribution in [2.75, 3.05) is 0 Å². The molecule has 0 aliphatic rings. The van der Waals surface area contributed by atoms with Crippen LogP contribution in [0.5, 0.6) is 0 Å². The summed E-state index contributed by atoms with van der Waals surface area (Å²) >= 11 is 0. The zero-order valence-electron chi connectivity index (χ0n) is 17.1. The van der Waals surface area contributed by atoms with Crippen molar-refractivity contribution in [2.45, 2.75) is 26.3 Å². The minimum absolute atomic E-state index is 0.195.